The summed E-state index contributed by atoms with van der Waals surface area (Å²) in [5, 5.41) is 0. The van der Waals surface area contributed by atoms with Crippen LogP contribution < -0.4 is 0 Å². The lowest BCUT2D eigenvalue weighted by molar-refractivity contribution is -0.148. The van der Waals surface area contributed by atoms with Crippen molar-refractivity contribution in [2.24, 2.45) is 23.7 Å². The Balaban J connectivity index is 1.68. The molecule has 0 saturated heterocycles. The molecule has 5 atom stereocenters. The van der Waals surface area contributed by atoms with Crippen LogP contribution in [0.3, 0.4) is 0 Å². The monoisotopic (exact) mass is 220 g/mol. The number of carbonyl (C=O) groups excluding carboxylic acids is 1. The van der Waals surface area contributed by atoms with Crippen LogP contribution in [0.5, 0.6) is 0 Å². The van der Waals surface area contributed by atoms with Crippen LogP contribution in [-0.2, 0) is 9.53 Å². The van der Waals surface area contributed by atoms with E-state index in [1.165, 1.54) is 25.7 Å². The van der Waals surface area contributed by atoms with Crippen LogP contribution in [0, 0.1) is 23.7 Å². The second-order valence-corrected chi connectivity index (χ2v) is 5.88. The first-order chi connectivity index (χ1) is 7.66. The lowest BCUT2D eigenvalue weighted by Crippen LogP contribution is -2.32. The van der Waals surface area contributed by atoms with Gasteiger partial charge in [-0.15, -0.1) is 0 Å². The number of esters is 1. The standard InChI is InChI=1S/C14H20O2/c1-8(2)14(15)16-13-7-9-6-12(13)11-5-3-4-10(9)11/h9-13H,1,3-7H2,2H3/t9?,10?,11-,12?,13?/m1/s1. The van der Waals surface area contributed by atoms with Crippen LogP contribution in [0.2, 0.25) is 0 Å². The van der Waals surface area contributed by atoms with Gasteiger partial charge >= 0.3 is 5.97 Å². The minimum Gasteiger partial charge on any atom is -0.459 e. The molecule has 0 amide bonds. The van der Waals surface area contributed by atoms with Crippen molar-refractivity contribution in [3.8, 4) is 0 Å². The summed E-state index contributed by atoms with van der Waals surface area (Å²) in [6.07, 6.45) is 6.81. The van der Waals surface area contributed by atoms with Crippen LogP contribution in [0.25, 0.3) is 0 Å². The van der Waals surface area contributed by atoms with Gasteiger partial charge in [-0.25, -0.2) is 4.79 Å². The van der Waals surface area contributed by atoms with Gasteiger partial charge in [-0.05, 0) is 56.3 Å². The Labute approximate surface area is 97.1 Å². The Hall–Kier alpha value is -0.790. The molecule has 0 aromatic heterocycles. The van der Waals surface area contributed by atoms with Gasteiger partial charge < -0.3 is 4.74 Å². The third kappa shape index (κ3) is 1.42. The average Bonchev–Trinajstić information content (AvgIpc) is 2.87. The van der Waals surface area contributed by atoms with E-state index in [9.17, 15) is 4.79 Å². The molecule has 3 rings (SSSR count). The van der Waals surface area contributed by atoms with Crippen LogP contribution >= 0.6 is 0 Å². The molecule has 4 unspecified atom stereocenters. The van der Waals surface area contributed by atoms with E-state index in [0.29, 0.717) is 11.5 Å². The van der Waals surface area contributed by atoms with Gasteiger partial charge in [0, 0.05) is 5.57 Å². The van der Waals surface area contributed by atoms with E-state index in [4.69, 9.17) is 4.74 Å². The number of hydrogen-bond acceptors (Lipinski definition) is 2. The normalized spacial score (nSPS) is 44.4. The molecule has 3 fully saturated rings. The molecule has 3 saturated carbocycles. The summed E-state index contributed by atoms with van der Waals surface area (Å²) in [6.45, 7) is 5.38. The summed E-state index contributed by atoms with van der Waals surface area (Å²) >= 11 is 0. The summed E-state index contributed by atoms with van der Waals surface area (Å²) in [5.74, 6) is 3.15. The second kappa shape index (κ2) is 3.61. The summed E-state index contributed by atoms with van der Waals surface area (Å²) in [5.41, 5.74) is 0.533. The van der Waals surface area contributed by atoms with Crippen LogP contribution in [0.4, 0.5) is 0 Å². The summed E-state index contributed by atoms with van der Waals surface area (Å²) in [4.78, 5) is 11.5. The van der Waals surface area contributed by atoms with Gasteiger partial charge in [0.2, 0.25) is 0 Å². The smallest absolute Gasteiger partial charge is 0.333 e. The molecule has 0 heterocycles. The highest BCUT2D eigenvalue weighted by Gasteiger charge is 2.55. The van der Waals surface area contributed by atoms with Gasteiger partial charge in [0.15, 0.2) is 0 Å². The van der Waals surface area contributed by atoms with E-state index in [1.807, 2.05) is 0 Å². The lowest BCUT2D eigenvalue weighted by atomic mass is 9.80. The first-order valence-electron chi connectivity index (χ1n) is 6.53. The van der Waals surface area contributed by atoms with E-state index in [2.05, 4.69) is 6.58 Å². The minimum atomic E-state index is -0.188. The molecule has 2 bridgehead atoms. The molecule has 88 valence electrons. The zero-order valence-electron chi connectivity index (χ0n) is 9.95. The van der Waals surface area contributed by atoms with Crippen molar-refractivity contribution >= 4 is 5.97 Å². The van der Waals surface area contributed by atoms with Gasteiger partial charge in [-0.2, -0.15) is 0 Å². The first-order valence-corrected chi connectivity index (χ1v) is 6.53. The van der Waals surface area contributed by atoms with Crippen molar-refractivity contribution in [2.45, 2.75) is 45.1 Å². The first kappa shape index (κ1) is 10.4. The minimum absolute atomic E-state index is 0.188. The van der Waals surface area contributed by atoms with Crippen LogP contribution in [0.15, 0.2) is 12.2 Å². The van der Waals surface area contributed by atoms with Crippen molar-refractivity contribution in [1.82, 2.24) is 0 Å². The summed E-state index contributed by atoms with van der Waals surface area (Å²) in [7, 11) is 0. The number of carbonyl (C=O) groups is 1. The van der Waals surface area contributed by atoms with Crippen LogP contribution in [-0.4, -0.2) is 12.1 Å². The van der Waals surface area contributed by atoms with Crippen molar-refractivity contribution in [3.05, 3.63) is 12.2 Å². The quantitative estimate of drug-likeness (QED) is 0.528. The van der Waals surface area contributed by atoms with Crippen molar-refractivity contribution in [1.29, 1.82) is 0 Å². The SMILES string of the molecule is C=C(C)C(=O)OC1CC2CC1[C@@H]1CCCC21. The summed E-state index contributed by atoms with van der Waals surface area (Å²) < 4.78 is 5.58. The Morgan fingerprint density at radius 2 is 1.94 bits per heavy atom. The molecule has 0 spiro atoms. The van der Waals surface area contributed by atoms with E-state index >= 15 is 0 Å². The van der Waals surface area contributed by atoms with Gasteiger partial charge in [0.1, 0.15) is 6.10 Å². The molecular weight excluding hydrogens is 200 g/mol. The molecule has 16 heavy (non-hydrogen) atoms. The predicted molar refractivity (Wildman–Crippen MR) is 61.7 cm³/mol. The van der Waals surface area contributed by atoms with Crippen molar-refractivity contribution in [3.63, 3.8) is 0 Å². The largest absolute Gasteiger partial charge is 0.459 e. The third-order valence-electron chi connectivity index (χ3n) is 4.97. The molecule has 0 aromatic rings. The topological polar surface area (TPSA) is 26.3 Å². The molecule has 3 aliphatic carbocycles. The predicted octanol–water partition coefficient (Wildman–Crippen LogP) is 2.93. The van der Waals surface area contributed by atoms with E-state index < -0.39 is 0 Å². The molecule has 0 radical (unpaired) electrons. The maximum Gasteiger partial charge on any atom is 0.333 e. The lowest BCUT2D eigenvalue weighted by Gasteiger charge is -2.31. The van der Waals surface area contributed by atoms with Gasteiger partial charge in [-0.1, -0.05) is 13.0 Å². The van der Waals surface area contributed by atoms with Gasteiger partial charge in [-0.3, -0.25) is 0 Å². The fourth-order valence-electron chi connectivity index (χ4n) is 4.38. The molecular formula is C14H20O2. The number of rotatable bonds is 2. The number of fused-ring (bicyclic) bond motifs is 5. The fourth-order valence-corrected chi connectivity index (χ4v) is 4.38. The maximum absolute atomic E-state index is 11.5. The fraction of sp³-hybridized carbons (Fsp3) is 0.786. The highest BCUT2D eigenvalue weighted by atomic mass is 16.5. The van der Waals surface area contributed by atoms with E-state index in [1.54, 1.807) is 6.92 Å². The highest BCUT2D eigenvalue weighted by molar-refractivity contribution is 5.87. The zero-order chi connectivity index (χ0) is 11.3. The molecule has 0 aliphatic heterocycles. The van der Waals surface area contributed by atoms with Crippen molar-refractivity contribution < 1.29 is 9.53 Å². The Morgan fingerprint density at radius 3 is 2.69 bits per heavy atom. The molecule has 2 heteroatoms. The Kier molecular flexibility index (Phi) is 2.34. The molecule has 2 nitrogen and oxygen atoms in total. The Bertz CT molecular complexity index is 334. The highest BCUT2D eigenvalue weighted by Crippen LogP contribution is 2.59. The number of ether oxygens (including phenoxy) is 1. The van der Waals surface area contributed by atoms with E-state index in [0.717, 1.165) is 24.2 Å². The molecule has 0 aromatic carbocycles. The maximum atomic E-state index is 11.5. The van der Waals surface area contributed by atoms with E-state index in [-0.39, 0.29) is 12.1 Å². The van der Waals surface area contributed by atoms with Gasteiger partial charge in [0.25, 0.3) is 0 Å². The Morgan fingerprint density at radius 1 is 1.19 bits per heavy atom. The summed E-state index contributed by atoms with van der Waals surface area (Å²) in [6, 6.07) is 0. The second-order valence-electron chi connectivity index (χ2n) is 5.88. The average molecular weight is 220 g/mol. The number of hydrogen-bond donors (Lipinski definition) is 0. The van der Waals surface area contributed by atoms with Crippen LogP contribution in [0.1, 0.15) is 39.0 Å². The third-order valence-corrected chi connectivity index (χ3v) is 4.97. The van der Waals surface area contributed by atoms with Gasteiger partial charge in [0.05, 0.1) is 0 Å². The zero-order valence-corrected chi connectivity index (χ0v) is 9.95. The molecule has 0 N–H and O–H groups in total. The van der Waals surface area contributed by atoms with Crippen molar-refractivity contribution in [2.75, 3.05) is 0 Å². The molecule has 3 aliphatic rings.